The highest BCUT2D eigenvalue weighted by Crippen LogP contribution is 2.30. The van der Waals surface area contributed by atoms with Gasteiger partial charge in [-0.2, -0.15) is 0 Å². The molecule has 0 aromatic heterocycles. The zero-order valence-corrected chi connectivity index (χ0v) is 12.6. The summed E-state index contributed by atoms with van der Waals surface area (Å²) in [5.41, 5.74) is 0. The van der Waals surface area contributed by atoms with Crippen molar-refractivity contribution >= 4 is 15.9 Å². The van der Waals surface area contributed by atoms with Gasteiger partial charge in [-0.05, 0) is 43.4 Å². The average Bonchev–Trinajstić information content (AvgIpc) is 2.23. The number of rotatable bonds is 6. The van der Waals surface area contributed by atoms with Gasteiger partial charge in [-0.1, -0.05) is 43.1 Å². The molecule has 1 rings (SSSR count). The van der Waals surface area contributed by atoms with E-state index in [2.05, 4.69) is 36.7 Å². The van der Waals surface area contributed by atoms with Gasteiger partial charge in [0.05, 0.1) is 12.7 Å². The zero-order valence-electron chi connectivity index (χ0n) is 11.0. The minimum absolute atomic E-state index is 0.525. The van der Waals surface area contributed by atoms with Crippen LogP contribution < -0.4 is 0 Å². The second-order valence-corrected chi connectivity index (χ2v) is 6.33. The van der Waals surface area contributed by atoms with E-state index < -0.39 is 0 Å². The molecule has 16 heavy (non-hydrogen) atoms. The molecular formula is C14H27BrO. The Morgan fingerprint density at radius 1 is 1.19 bits per heavy atom. The molecule has 0 saturated heterocycles. The SMILES string of the molecule is CCCC(CBr)COC1CC(C)CC(C)C1. The lowest BCUT2D eigenvalue weighted by atomic mass is 9.82. The summed E-state index contributed by atoms with van der Waals surface area (Å²) in [6.45, 7) is 7.92. The van der Waals surface area contributed by atoms with Gasteiger partial charge in [0.15, 0.2) is 0 Å². The van der Waals surface area contributed by atoms with Gasteiger partial charge in [0.25, 0.3) is 0 Å². The fraction of sp³-hybridized carbons (Fsp3) is 1.00. The number of hydrogen-bond donors (Lipinski definition) is 0. The average molecular weight is 291 g/mol. The highest BCUT2D eigenvalue weighted by molar-refractivity contribution is 9.09. The zero-order chi connectivity index (χ0) is 12.0. The molecule has 0 heterocycles. The molecule has 96 valence electrons. The van der Waals surface area contributed by atoms with Gasteiger partial charge in [0.1, 0.15) is 0 Å². The quantitative estimate of drug-likeness (QED) is 0.648. The van der Waals surface area contributed by atoms with Crippen LogP contribution in [0.2, 0.25) is 0 Å². The first-order chi connectivity index (χ1) is 7.65. The summed E-state index contributed by atoms with van der Waals surface area (Å²) in [7, 11) is 0. The van der Waals surface area contributed by atoms with Gasteiger partial charge in [0.2, 0.25) is 0 Å². The molecule has 0 spiro atoms. The Kier molecular flexibility index (Phi) is 6.98. The number of ether oxygens (including phenoxy) is 1. The molecule has 1 fully saturated rings. The molecule has 3 atom stereocenters. The molecule has 0 aromatic carbocycles. The maximum atomic E-state index is 6.10. The first kappa shape index (κ1) is 14.5. The summed E-state index contributed by atoms with van der Waals surface area (Å²) in [6, 6.07) is 0. The molecule has 3 unspecified atom stereocenters. The molecule has 0 bridgehead atoms. The smallest absolute Gasteiger partial charge is 0.0580 e. The van der Waals surface area contributed by atoms with Crippen molar-refractivity contribution in [3.8, 4) is 0 Å². The van der Waals surface area contributed by atoms with E-state index in [1.165, 1.54) is 32.1 Å². The van der Waals surface area contributed by atoms with E-state index in [0.29, 0.717) is 12.0 Å². The minimum Gasteiger partial charge on any atom is -0.378 e. The third kappa shape index (κ3) is 5.18. The van der Waals surface area contributed by atoms with Crippen molar-refractivity contribution in [1.29, 1.82) is 0 Å². The van der Waals surface area contributed by atoms with E-state index in [1.54, 1.807) is 0 Å². The van der Waals surface area contributed by atoms with Crippen molar-refractivity contribution in [1.82, 2.24) is 0 Å². The second kappa shape index (κ2) is 7.71. The van der Waals surface area contributed by atoms with Gasteiger partial charge in [-0.25, -0.2) is 0 Å². The van der Waals surface area contributed by atoms with Crippen LogP contribution in [0.25, 0.3) is 0 Å². The summed E-state index contributed by atoms with van der Waals surface area (Å²) < 4.78 is 6.10. The third-order valence-electron chi connectivity index (χ3n) is 3.62. The van der Waals surface area contributed by atoms with Crippen LogP contribution in [0.15, 0.2) is 0 Å². The van der Waals surface area contributed by atoms with Gasteiger partial charge in [-0.3, -0.25) is 0 Å². The van der Waals surface area contributed by atoms with E-state index in [9.17, 15) is 0 Å². The largest absolute Gasteiger partial charge is 0.378 e. The summed E-state index contributed by atoms with van der Waals surface area (Å²) in [5, 5.41) is 1.08. The van der Waals surface area contributed by atoms with E-state index in [1.807, 2.05) is 0 Å². The highest BCUT2D eigenvalue weighted by atomic mass is 79.9. The maximum absolute atomic E-state index is 6.10. The number of halogens is 1. The first-order valence-electron chi connectivity index (χ1n) is 6.83. The Bertz CT molecular complexity index is 174. The fourth-order valence-electron chi connectivity index (χ4n) is 2.89. The van der Waals surface area contributed by atoms with E-state index in [-0.39, 0.29) is 0 Å². The Morgan fingerprint density at radius 3 is 2.31 bits per heavy atom. The van der Waals surface area contributed by atoms with Gasteiger partial charge >= 0.3 is 0 Å². The van der Waals surface area contributed by atoms with Crippen LogP contribution in [-0.4, -0.2) is 18.0 Å². The number of alkyl halides is 1. The molecular weight excluding hydrogens is 264 g/mol. The topological polar surface area (TPSA) is 9.23 Å². The molecule has 0 aromatic rings. The Balaban J connectivity index is 2.25. The van der Waals surface area contributed by atoms with Gasteiger partial charge in [-0.15, -0.1) is 0 Å². The Labute approximate surface area is 109 Å². The van der Waals surface area contributed by atoms with Crippen LogP contribution in [0.3, 0.4) is 0 Å². The van der Waals surface area contributed by atoms with Crippen molar-refractivity contribution in [3.05, 3.63) is 0 Å². The summed E-state index contributed by atoms with van der Waals surface area (Å²) in [5.74, 6) is 2.40. The molecule has 2 heteroatoms. The van der Waals surface area contributed by atoms with Gasteiger partial charge < -0.3 is 4.74 Å². The molecule has 0 radical (unpaired) electrons. The van der Waals surface area contributed by atoms with E-state index >= 15 is 0 Å². The van der Waals surface area contributed by atoms with Crippen LogP contribution >= 0.6 is 15.9 Å². The van der Waals surface area contributed by atoms with Gasteiger partial charge in [0, 0.05) is 5.33 Å². The van der Waals surface area contributed by atoms with Crippen LogP contribution in [0.4, 0.5) is 0 Å². The monoisotopic (exact) mass is 290 g/mol. The van der Waals surface area contributed by atoms with Crippen LogP contribution in [0.5, 0.6) is 0 Å². The highest BCUT2D eigenvalue weighted by Gasteiger charge is 2.24. The Hall–Kier alpha value is 0.440. The molecule has 1 aliphatic rings. The van der Waals surface area contributed by atoms with Crippen molar-refractivity contribution in [2.75, 3.05) is 11.9 Å². The van der Waals surface area contributed by atoms with Crippen molar-refractivity contribution in [3.63, 3.8) is 0 Å². The van der Waals surface area contributed by atoms with Crippen LogP contribution in [0.1, 0.15) is 52.9 Å². The third-order valence-corrected chi connectivity index (χ3v) is 4.53. The number of hydrogen-bond acceptors (Lipinski definition) is 1. The van der Waals surface area contributed by atoms with E-state index in [0.717, 1.165) is 23.8 Å². The molecule has 0 aliphatic heterocycles. The second-order valence-electron chi connectivity index (χ2n) is 5.68. The maximum Gasteiger partial charge on any atom is 0.0580 e. The lowest BCUT2D eigenvalue weighted by molar-refractivity contribution is -0.0135. The van der Waals surface area contributed by atoms with Crippen molar-refractivity contribution in [2.45, 2.75) is 59.0 Å². The van der Waals surface area contributed by atoms with Crippen LogP contribution in [-0.2, 0) is 4.74 Å². The normalized spacial score (nSPS) is 32.6. The molecule has 1 nitrogen and oxygen atoms in total. The lowest BCUT2D eigenvalue weighted by Crippen LogP contribution is -2.28. The minimum atomic E-state index is 0.525. The summed E-state index contributed by atoms with van der Waals surface area (Å²) in [4.78, 5) is 0. The van der Waals surface area contributed by atoms with Crippen molar-refractivity contribution in [2.24, 2.45) is 17.8 Å². The van der Waals surface area contributed by atoms with Crippen LogP contribution in [0, 0.1) is 17.8 Å². The molecule has 0 amide bonds. The predicted molar refractivity (Wildman–Crippen MR) is 74.1 cm³/mol. The molecule has 1 aliphatic carbocycles. The summed E-state index contributed by atoms with van der Waals surface area (Å²) >= 11 is 3.59. The standard InChI is InChI=1S/C14H27BrO/c1-4-5-13(9-15)10-16-14-7-11(2)6-12(3)8-14/h11-14H,4-10H2,1-3H3. The molecule has 1 saturated carbocycles. The lowest BCUT2D eigenvalue weighted by Gasteiger charge is -2.32. The summed E-state index contributed by atoms with van der Waals surface area (Å²) in [6.07, 6.45) is 6.99. The molecule has 0 N–H and O–H groups in total. The fourth-order valence-corrected chi connectivity index (χ4v) is 3.41. The van der Waals surface area contributed by atoms with Crippen molar-refractivity contribution < 1.29 is 4.74 Å². The predicted octanol–water partition coefficient (Wildman–Crippen LogP) is 4.64. The first-order valence-corrected chi connectivity index (χ1v) is 7.95. The van der Waals surface area contributed by atoms with E-state index in [4.69, 9.17) is 4.74 Å². The Morgan fingerprint density at radius 2 is 1.81 bits per heavy atom.